The maximum absolute atomic E-state index is 12.6. The third-order valence-electron chi connectivity index (χ3n) is 5.44. The van der Waals surface area contributed by atoms with Crippen LogP contribution >= 0.6 is 0 Å². The second-order valence-electron chi connectivity index (χ2n) is 8.23. The molecule has 1 saturated heterocycles. The molecule has 1 fully saturated rings. The van der Waals surface area contributed by atoms with Crippen molar-refractivity contribution >= 4 is 18.0 Å². The van der Waals surface area contributed by atoms with Crippen molar-refractivity contribution in [2.45, 2.75) is 64.5 Å². The fourth-order valence-corrected chi connectivity index (χ4v) is 3.71. The van der Waals surface area contributed by atoms with Crippen LogP contribution in [-0.4, -0.2) is 52.7 Å². The molecular formula is C22H32N2O5. The first-order chi connectivity index (χ1) is 13.7. The van der Waals surface area contributed by atoms with Crippen molar-refractivity contribution in [2.24, 2.45) is 5.92 Å². The van der Waals surface area contributed by atoms with E-state index in [0.717, 1.165) is 12.0 Å². The van der Waals surface area contributed by atoms with Crippen molar-refractivity contribution in [2.75, 3.05) is 13.1 Å². The molecule has 1 unspecified atom stereocenters. The standard InChI is InChI=1S/C22H32N2O5/c1-16(2)15-19(20(26)27)23-21(28)29-22(10-9-18-7-5-4-6-8-18)11-13-24(14-12-22)17(3)25/h4-8,16,19H,9-15H2,1-3H3,(H,23,28)(H,26,27). The van der Waals surface area contributed by atoms with Gasteiger partial charge in [0.05, 0.1) is 0 Å². The molecule has 2 N–H and O–H groups in total. The molecule has 0 spiro atoms. The molecule has 0 saturated carbocycles. The largest absolute Gasteiger partial charge is 0.480 e. The number of aryl methyl sites for hydroxylation is 1. The number of piperidine rings is 1. The highest BCUT2D eigenvalue weighted by molar-refractivity contribution is 5.80. The van der Waals surface area contributed by atoms with Gasteiger partial charge in [-0.25, -0.2) is 9.59 Å². The Bertz CT molecular complexity index is 696. The minimum atomic E-state index is -1.07. The van der Waals surface area contributed by atoms with Gasteiger partial charge in [-0.05, 0) is 30.7 Å². The third kappa shape index (κ3) is 7.07. The number of carboxylic acids is 1. The number of nitrogens with one attached hydrogen (secondary N) is 1. The Hall–Kier alpha value is -2.57. The van der Waals surface area contributed by atoms with Gasteiger partial charge in [-0.15, -0.1) is 0 Å². The molecule has 7 nitrogen and oxygen atoms in total. The molecule has 160 valence electrons. The summed E-state index contributed by atoms with van der Waals surface area (Å²) in [5, 5.41) is 11.9. The van der Waals surface area contributed by atoms with Gasteiger partial charge in [-0.3, -0.25) is 4.79 Å². The highest BCUT2D eigenvalue weighted by Crippen LogP contribution is 2.32. The molecule has 2 amide bonds. The minimum absolute atomic E-state index is 0.00832. The lowest BCUT2D eigenvalue weighted by atomic mass is 9.85. The summed E-state index contributed by atoms with van der Waals surface area (Å²) in [4.78, 5) is 37.4. The number of nitrogens with zero attached hydrogens (tertiary/aromatic N) is 1. The zero-order valence-corrected chi connectivity index (χ0v) is 17.5. The van der Waals surface area contributed by atoms with Gasteiger partial charge in [0.2, 0.25) is 5.91 Å². The van der Waals surface area contributed by atoms with Crippen LogP contribution in [0.1, 0.15) is 52.0 Å². The molecule has 7 heteroatoms. The highest BCUT2D eigenvalue weighted by atomic mass is 16.6. The molecule has 29 heavy (non-hydrogen) atoms. The third-order valence-corrected chi connectivity index (χ3v) is 5.44. The molecule has 0 bridgehead atoms. The molecule has 1 aromatic carbocycles. The number of hydrogen-bond acceptors (Lipinski definition) is 4. The zero-order valence-electron chi connectivity index (χ0n) is 17.5. The molecule has 1 atom stereocenters. The number of carbonyl (C=O) groups is 3. The summed E-state index contributed by atoms with van der Waals surface area (Å²) in [7, 11) is 0. The Morgan fingerprint density at radius 1 is 1.17 bits per heavy atom. The number of alkyl carbamates (subject to hydrolysis) is 1. The van der Waals surface area contributed by atoms with E-state index >= 15 is 0 Å². The van der Waals surface area contributed by atoms with Crippen molar-refractivity contribution in [3.05, 3.63) is 35.9 Å². The molecule has 0 radical (unpaired) electrons. The van der Waals surface area contributed by atoms with Crippen LogP contribution in [0.3, 0.4) is 0 Å². The summed E-state index contributed by atoms with van der Waals surface area (Å²) < 4.78 is 5.84. The normalized spacial score (nSPS) is 16.9. The first-order valence-electron chi connectivity index (χ1n) is 10.2. The van der Waals surface area contributed by atoms with Crippen molar-refractivity contribution in [1.82, 2.24) is 10.2 Å². The van der Waals surface area contributed by atoms with E-state index in [0.29, 0.717) is 38.8 Å². The SMILES string of the molecule is CC(=O)N1CCC(CCc2ccccc2)(OC(=O)NC(CC(C)C)C(=O)O)CC1. The number of benzene rings is 1. The van der Waals surface area contributed by atoms with Crippen LogP contribution in [0.2, 0.25) is 0 Å². The number of rotatable bonds is 8. The number of ether oxygens (including phenoxy) is 1. The first-order valence-corrected chi connectivity index (χ1v) is 10.2. The maximum Gasteiger partial charge on any atom is 0.408 e. The van der Waals surface area contributed by atoms with E-state index in [1.807, 2.05) is 44.2 Å². The summed E-state index contributed by atoms with van der Waals surface area (Å²) >= 11 is 0. The topological polar surface area (TPSA) is 95.9 Å². The van der Waals surface area contributed by atoms with Gasteiger partial charge in [0.25, 0.3) is 0 Å². The second-order valence-corrected chi connectivity index (χ2v) is 8.23. The van der Waals surface area contributed by atoms with Gasteiger partial charge >= 0.3 is 12.1 Å². The Morgan fingerprint density at radius 3 is 2.31 bits per heavy atom. The van der Waals surface area contributed by atoms with E-state index < -0.39 is 23.7 Å². The number of hydrogen-bond donors (Lipinski definition) is 2. The molecule has 0 aromatic heterocycles. The zero-order chi connectivity index (χ0) is 21.4. The Balaban J connectivity index is 2.07. The van der Waals surface area contributed by atoms with Gasteiger partial charge in [-0.2, -0.15) is 0 Å². The Kier molecular flexibility index (Phi) is 8.05. The molecule has 1 heterocycles. The van der Waals surface area contributed by atoms with Crippen LogP contribution < -0.4 is 5.32 Å². The lowest BCUT2D eigenvalue weighted by Gasteiger charge is -2.41. The molecule has 0 aliphatic carbocycles. The summed E-state index contributed by atoms with van der Waals surface area (Å²) in [6, 6.07) is 8.97. The van der Waals surface area contributed by atoms with Crippen LogP contribution in [0.15, 0.2) is 30.3 Å². The van der Waals surface area contributed by atoms with E-state index in [1.54, 1.807) is 4.90 Å². The fourth-order valence-electron chi connectivity index (χ4n) is 3.71. The summed E-state index contributed by atoms with van der Waals surface area (Å²) in [6.07, 6.45) is 2.06. The predicted molar refractivity (Wildman–Crippen MR) is 109 cm³/mol. The molecule has 2 rings (SSSR count). The van der Waals surface area contributed by atoms with Gasteiger partial charge in [-0.1, -0.05) is 44.2 Å². The Morgan fingerprint density at radius 2 is 1.79 bits per heavy atom. The van der Waals surface area contributed by atoms with Crippen molar-refractivity contribution in [3.63, 3.8) is 0 Å². The minimum Gasteiger partial charge on any atom is -0.480 e. The highest BCUT2D eigenvalue weighted by Gasteiger charge is 2.39. The monoisotopic (exact) mass is 404 g/mol. The quantitative estimate of drug-likeness (QED) is 0.693. The van der Waals surface area contributed by atoms with Crippen LogP contribution in [0.4, 0.5) is 4.79 Å². The van der Waals surface area contributed by atoms with Gasteiger partial charge in [0, 0.05) is 32.9 Å². The van der Waals surface area contributed by atoms with Crippen LogP contribution in [0, 0.1) is 5.92 Å². The van der Waals surface area contributed by atoms with Gasteiger partial charge in [0.1, 0.15) is 11.6 Å². The van der Waals surface area contributed by atoms with E-state index in [1.165, 1.54) is 6.92 Å². The molecule has 1 aliphatic rings. The lowest BCUT2D eigenvalue weighted by molar-refractivity contribution is -0.140. The molecular weight excluding hydrogens is 372 g/mol. The fraction of sp³-hybridized carbons (Fsp3) is 0.591. The second kappa shape index (κ2) is 10.3. The number of aliphatic carboxylic acids is 1. The van der Waals surface area contributed by atoms with E-state index in [2.05, 4.69) is 5.32 Å². The molecule has 1 aliphatic heterocycles. The summed E-state index contributed by atoms with van der Waals surface area (Å²) in [5.41, 5.74) is 0.431. The van der Waals surface area contributed by atoms with Crippen molar-refractivity contribution in [1.29, 1.82) is 0 Å². The average molecular weight is 405 g/mol. The number of carboxylic acid groups (broad SMARTS) is 1. The van der Waals surface area contributed by atoms with E-state index in [-0.39, 0.29) is 11.8 Å². The van der Waals surface area contributed by atoms with Gasteiger partial charge in [0.15, 0.2) is 0 Å². The first kappa shape index (κ1) is 22.7. The lowest BCUT2D eigenvalue weighted by Crippen LogP contribution is -2.51. The smallest absolute Gasteiger partial charge is 0.408 e. The van der Waals surface area contributed by atoms with Crippen molar-refractivity contribution < 1.29 is 24.2 Å². The summed E-state index contributed by atoms with van der Waals surface area (Å²) in [5.74, 6) is -0.934. The van der Waals surface area contributed by atoms with Crippen molar-refractivity contribution in [3.8, 4) is 0 Å². The van der Waals surface area contributed by atoms with E-state index in [4.69, 9.17) is 4.74 Å². The van der Waals surface area contributed by atoms with Crippen LogP contribution in [0.5, 0.6) is 0 Å². The predicted octanol–water partition coefficient (Wildman–Crippen LogP) is 3.23. The van der Waals surface area contributed by atoms with Crippen LogP contribution in [-0.2, 0) is 20.7 Å². The Labute approximate surface area is 172 Å². The van der Waals surface area contributed by atoms with Gasteiger partial charge < -0.3 is 20.1 Å². The molecule has 1 aromatic rings. The number of amides is 2. The van der Waals surface area contributed by atoms with Crippen LogP contribution in [0.25, 0.3) is 0 Å². The van der Waals surface area contributed by atoms with E-state index in [9.17, 15) is 19.5 Å². The average Bonchev–Trinajstić information content (AvgIpc) is 2.66. The number of carbonyl (C=O) groups excluding carboxylic acids is 2. The number of likely N-dealkylation sites (tertiary alicyclic amines) is 1. The summed E-state index contributed by atoms with van der Waals surface area (Å²) in [6.45, 7) is 6.38. The maximum atomic E-state index is 12.6.